The normalized spacial score (nSPS) is 14.6. The zero-order chi connectivity index (χ0) is 11.5. The predicted octanol–water partition coefficient (Wildman–Crippen LogP) is 2.05. The molecule has 1 aromatic carbocycles. The molecule has 1 aliphatic rings. The highest BCUT2D eigenvalue weighted by Gasteiger charge is 2.34. The summed E-state index contributed by atoms with van der Waals surface area (Å²) in [5.74, 6) is 1.70. The van der Waals surface area contributed by atoms with Gasteiger partial charge in [0.25, 0.3) is 11.8 Å². The lowest BCUT2D eigenvalue weighted by Crippen LogP contribution is -2.28. The van der Waals surface area contributed by atoms with Crippen LogP contribution in [0.3, 0.4) is 0 Å². The lowest BCUT2D eigenvalue weighted by atomic mass is 10.1. The minimum atomic E-state index is -0.268. The molecule has 0 aliphatic carbocycles. The zero-order valence-electron chi connectivity index (χ0n) is 8.14. The molecule has 2 rings (SSSR count). The highest BCUT2D eigenvalue weighted by atomic mass is 32.7. The number of hydrogen-bond donors (Lipinski definition) is 0. The van der Waals surface area contributed by atoms with E-state index in [1.807, 2.05) is 5.81 Å². The summed E-state index contributed by atoms with van der Waals surface area (Å²) in [6.45, 7) is 0. The Kier molecular flexibility index (Phi) is 3.23. The van der Waals surface area contributed by atoms with Gasteiger partial charge in [-0.1, -0.05) is 23.5 Å². The Morgan fingerprint density at radius 2 is 1.81 bits per heavy atom. The van der Waals surface area contributed by atoms with Crippen molar-refractivity contribution in [2.75, 3.05) is 5.88 Å². The Morgan fingerprint density at radius 3 is 2.31 bits per heavy atom. The Bertz CT molecular complexity index is 463. The van der Waals surface area contributed by atoms with Gasteiger partial charge in [0.05, 0.1) is 22.8 Å². The van der Waals surface area contributed by atoms with Crippen molar-refractivity contribution < 1.29 is 9.59 Å². The zero-order valence-corrected chi connectivity index (χ0v) is 9.95. The Morgan fingerprint density at radius 1 is 1.25 bits per heavy atom. The summed E-state index contributed by atoms with van der Waals surface area (Å²) in [6, 6.07) is 6.76. The molecule has 0 spiro atoms. The number of fused-ring (bicyclic) bond motifs is 1. The van der Waals surface area contributed by atoms with E-state index in [1.165, 1.54) is 16.3 Å². The number of amides is 2. The van der Waals surface area contributed by atoms with E-state index in [0.717, 1.165) is 0 Å². The van der Waals surface area contributed by atoms with E-state index >= 15 is 0 Å². The number of hydrogen-bond acceptors (Lipinski definition) is 4. The van der Waals surface area contributed by atoms with Crippen molar-refractivity contribution in [3.63, 3.8) is 0 Å². The fourth-order valence-corrected chi connectivity index (χ4v) is 2.75. The molecule has 0 N–H and O–H groups in total. The molecule has 80 valence electrons. The number of rotatable bonds is 3. The summed E-state index contributed by atoms with van der Waals surface area (Å²) in [7, 11) is 0.0437. The van der Waals surface area contributed by atoms with E-state index < -0.39 is 0 Å². The summed E-state index contributed by atoms with van der Waals surface area (Å²) < 4.78 is 0. The molecule has 0 radical (unpaired) electrons. The van der Waals surface area contributed by atoms with Crippen LogP contribution in [-0.2, 0) is 0 Å². The lowest BCUT2D eigenvalue weighted by Gasteiger charge is -2.11. The molecular weight excluding hydrogens is 243 g/mol. The second-order valence-corrected chi connectivity index (χ2v) is 5.52. The van der Waals surface area contributed by atoms with Gasteiger partial charge in [0.2, 0.25) is 0 Å². The Balaban J connectivity index is 2.19. The van der Waals surface area contributed by atoms with Gasteiger partial charge in [-0.2, -0.15) is 5.26 Å². The van der Waals surface area contributed by atoms with Crippen LogP contribution >= 0.6 is 19.2 Å². The standard InChI is InChI=1S/C10H7N2O2PS/c11-5-15-16-6-12-9(13)7-3-1-2-4-8(7)10(12)14/h1-4,15H,6H2. The van der Waals surface area contributed by atoms with E-state index in [2.05, 4.69) is 0 Å². The number of benzene rings is 1. The molecule has 6 heteroatoms. The van der Waals surface area contributed by atoms with Crippen LogP contribution in [0.25, 0.3) is 0 Å². The first-order valence-electron chi connectivity index (χ1n) is 4.47. The van der Waals surface area contributed by atoms with Crippen LogP contribution in [0.4, 0.5) is 0 Å². The summed E-state index contributed by atoms with van der Waals surface area (Å²) in [5.41, 5.74) is 0.904. The number of carbonyl (C=O) groups excluding carboxylic acids is 2. The molecule has 1 atom stereocenters. The van der Waals surface area contributed by atoms with Crippen LogP contribution < -0.4 is 0 Å². The molecule has 1 unspecified atom stereocenters. The largest absolute Gasteiger partial charge is 0.269 e. The first-order chi connectivity index (χ1) is 7.75. The van der Waals surface area contributed by atoms with E-state index in [-0.39, 0.29) is 25.5 Å². The summed E-state index contributed by atoms with van der Waals surface area (Å²) >= 11 is 1.28. The summed E-state index contributed by atoms with van der Waals surface area (Å²) in [4.78, 5) is 24.8. The number of nitrogens with zero attached hydrogens (tertiary/aromatic N) is 2. The third kappa shape index (κ3) is 1.82. The van der Waals surface area contributed by atoms with Gasteiger partial charge in [-0.05, 0) is 12.1 Å². The van der Waals surface area contributed by atoms with Crippen LogP contribution in [0.5, 0.6) is 0 Å². The molecule has 1 aliphatic heterocycles. The van der Waals surface area contributed by atoms with Crippen LogP contribution in [-0.4, -0.2) is 22.6 Å². The van der Waals surface area contributed by atoms with Crippen LogP contribution in [0.1, 0.15) is 20.7 Å². The summed E-state index contributed by atoms with van der Waals surface area (Å²) in [5, 5.41) is 8.40. The molecule has 1 aromatic rings. The van der Waals surface area contributed by atoms with Crippen molar-refractivity contribution in [3.8, 4) is 5.81 Å². The maximum atomic E-state index is 11.8. The third-order valence-corrected chi connectivity index (χ3v) is 3.91. The second-order valence-electron chi connectivity index (χ2n) is 3.07. The highest BCUT2D eigenvalue weighted by Crippen LogP contribution is 2.31. The maximum absolute atomic E-state index is 11.8. The van der Waals surface area contributed by atoms with E-state index in [1.54, 1.807) is 24.3 Å². The molecule has 0 fully saturated rings. The highest BCUT2D eigenvalue weighted by molar-refractivity contribution is 8.50. The lowest BCUT2D eigenvalue weighted by molar-refractivity contribution is 0.0684. The third-order valence-electron chi connectivity index (χ3n) is 2.19. The predicted molar refractivity (Wildman–Crippen MR) is 63.3 cm³/mol. The van der Waals surface area contributed by atoms with Crippen LogP contribution in [0.15, 0.2) is 24.3 Å². The SMILES string of the molecule is N#CPSCN1C(=O)c2ccccc2C1=O. The van der Waals surface area contributed by atoms with Gasteiger partial charge in [0, 0.05) is 7.78 Å². The molecule has 4 nitrogen and oxygen atoms in total. The molecule has 0 bridgehead atoms. The first-order valence-corrected chi connectivity index (χ1v) is 7.18. The van der Waals surface area contributed by atoms with Gasteiger partial charge < -0.3 is 0 Å². The molecule has 16 heavy (non-hydrogen) atoms. The average molecular weight is 250 g/mol. The maximum Gasteiger partial charge on any atom is 0.262 e. The molecule has 0 saturated carbocycles. The Hall–Kier alpha value is -1.37. The summed E-state index contributed by atoms with van der Waals surface area (Å²) in [6.07, 6.45) is 0. The van der Waals surface area contributed by atoms with Crippen LogP contribution in [0, 0.1) is 11.1 Å². The van der Waals surface area contributed by atoms with Crippen molar-refractivity contribution in [1.29, 1.82) is 5.26 Å². The molecule has 0 saturated heterocycles. The van der Waals surface area contributed by atoms with Gasteiger partial charge in [-0.3, -0.25) is 14.5 Å². The van der Waals surface area contributed by atoms with E-state index in [4.69, 9.17) is 5.26 Å². The minimum Gasteiger partial charge on any atom is -0.269 e. The smallest absolute Gasteiger partial charge is 0.262 e. The molecule has 1 heterocycles. The van der Waals surface area contributed by atoms with Gasteiger partial charge >= 0.3 is 0 Å². The molecular formula is C10H7N2O2PS. The first kappa shape index (κ1) is 11.1. The van der Waals surface area contributed by atoms with Gasteiger partial charge in [0.15, 0.2) is 0 Å². The van der Waals surface area contributed by atoms with Gasteiger partial charge in [0.1, 0.15) is 0 Å². The van der Waals surface area contributed by atoms with Gasteiger partial charge in [-0.15, -0.1) is 0 Å². The topological polar surface area (TPSA) is 61.2 Å². The fraction of sp³-hybridized carbons (Fsp3) is 0.100. The van der Waals surface area contributed by atoms with Crippen molar-refractivity contribution in [2.45, 2.75) is 0 Å². The second kappa shape index (κ2) is 4.65. The Labute approximate surface area is 98.1 Å². The number of carbonyl (C=O) groups is 2. The van der Waals surface area contributed by atoms with Crippen LogP contribution in [0.2, 0.25) is 0 Å². The van der Waals surface area contributed by atoms with E-state index in [9.17, 15) is 9.59 Å². The monoisotopic (exact) mass is 250 g/mol. The minimum absolute atomic E-state index is 0.0437. The van der Waals surface area contributed by atoms with E-state index in [0.29, 0.717) is 11.1 Å². The number of imide groups is 1. The molecule has 0 aromatic heterocycles. The fourth-order valence-electron chi connectivity index (χ4n) is 1.49. The van der Waals surface area contributed by atoms with Crippen molar-refractivity contribution in [3.05, 3.63) is 35.4 Å². The molecule has 2 amide bonds. The van der Waals surface area contributed by atoms with Crippen molar-refractivity contribution >= 4 is 31.0 Å². The average Bonchev–Trinajstić information content (AvgIpc) is 2.55. The number of nitriles is 1. The quantitative estimate of drug-likeness (QED) is 0.468. The van der Waals surface area contributed by atoms with Crippen molar-refractivity contribution in [1.82, 2.24) is 4.90 Å². The van der Waals surface area contributed by atoms with Gasteiger partial charge in [-0.25, -0.2) is 0 Å². The van der Waals surface area contributed by atoms with Crippen molar-refractivity contribution in [2.24, 2.45) is 0 Å².